The van der Waals surface area contributed by atoms with Crippen LogP contribution in [0.4, 0.5) is 0 Å². The van der Waals surface area contributed by atoms with Crippen molar-refractivity contribution in [3.05, 3.63) is 28.5 Å². The van der Waals surface area contributed by atoms with Crippen molar-refractivity contribution in [2.24, 2.45) is 0 Å². The molecule has 0 bridgehead atoms. The first kappa shape index (κ1) is 9.15. The van der Waals surface area contributed by atoms with Crippen molar-refractivity contribution in [1.29, 1.82) is 0 Å². The van der Waals surface area contributed by atoms with E-state index in [1.165, 1.54) is 18.5 Å². The number of hydrogen-bond acceptors (Lipinski definition) is 3. The minimum absolute atomic E-state index is 0.261. The van der Waals surface area contributed by atoms with Crippen LogP contribution in [0.15, 0.2) is 22.9 Å². The first-order valence-electron chi connectivity index (χ1n) is 3.12. The Hall–Kier alpha value is -0.940. The Bertz CT molecular complexity index is 302. The number of hydrogen-bond donors (Lipinski definition) is 2. The maximum absolute atomic E-state index is 10.3. The number of aliphatic hydroxyl groups excluding tert-OH is 1. The molecule has 1 atom stereocenters. The fourth-order valence-corrected chi connectivity index (χ4v) is 1.10. The van der Waals surface area contributed by atoms with E-state index in [0.29, 0.717) is 4.47 Å². The molecule has 1 heterocycles. The van der Waals surface area contributed by atoms with Gasteiger partial charge in [-0.25, -0.2) is 4.79 Å². The highest BCUT2D eigenvalue weighted by molar-refractivity contribution is 9.10. The Labute approximate surface area is 77.0 Å². The number of aliphatic hydroxyl groups is 1. The zero-order valence-electron chi connectivity index (χ0n) is 5.94. The first-order chi connectivity index (χ1) is 5.61. The molecule has 0 aromatic carbocycles. The summed E-state index contributed by atoms with van der Waals surface area (Å²) >= 11 is 3.11. The average Bonchev–Trinajstić information content (AvgIpc) is 2.03. The Kier molecular flexibility index (Phi) is 2.78. The standard InChI is InChI=1S/C7H6BrNO3/c8-5-1-4(2-9-3-5)6(10)7(11)12/h1-3,6,10H,(H,11,12). The van der Waals surface area contributed by atoms with Crippen LogP contribution in [0.1, 0.15) is 11.7 Å². The number of aliphatic carboxylic acids is 1. The highest BCUT2D eigenvalue weighted by Crippen LogP contribution is 2.16. The van der Waals surface area contributed by atoms with E-state index in [1.54, 1.807) is 0 Å². The van der Waals surface area contributed by atoms with E-state index in [-0.39, 0.29) is 5.56 Å². The fourth-order valence-electron chi connectivity index (χ4n) is 0.720. The molecule has 1 aromatic heterocycles. The lowest BCUT2D eigenvalue weighted by Crippen LogP contribution is -2.10. The van der Waals surface area contributed by atoms with Gasteiger partial charge in [-0.1, -0.05) is 0 Å². The highest BCUT2D eigenvalue weighted by Gasteiger charge is 2.15. The van der Waals surface area contributed by atoms with Crippen molar-refractivity contribution in [1.82, 2.24) is 4.98 Å². The van der Waals surface area contributed by atoms with Crippen molar-refractivity contribution in [3.63, 3.8) is 0 Å². The molecule has 12 heavy (non-hydrogen) atoms. The van der Waals surface area contributed by atoms with Crippen LogP contribution in [0.3, 0.4) is 0 Å². The molecule has 1 aromatic rings. The van der Waals surface area contributed by atoms with E-state index in [4.69, 9.17) is 10.2 Å². The lowest BCUT2D eigenvalue weighted by molar-refractivity contribution is -0.146. The summed E-state index contributed by atoms with van der Waals surface area (Å²) in [6, 6.07) is 1.51. The number of halogens is 1. The van der Waals surface area contributed by atoms with Crippen molar-refractivity contribution in [3.8, 4) is 0 Å². The molecule has 0 aliphatic heterocycles. The summed E-state index contributed by atoms with van der Waals surface area (Å²) in [5.74, 6) is -1.28. The van der Waals surface area contributed by atoms with Crippen LogP contribution in [0.5, 0.6) is 0 Å². The third kappa shape index (κ3) is 2.02. The number of nitrogens with zero attached hydrogens (tertiary/aromatic N) is 1. The van der Waals surface area contributed by atoms with Gasteiger partial charge in [-0.15, -0.1) is 0 Å². The van der Waals surface area contributed by atoms with E-state index in [2.05, 4.69) is 20.9 Å². The van der Waals surface area contributed by atoms with Crippen LogP contribution in [0.2, 0.25) is 0 Å². The molecule has 0 amide bonds. The van der Waals surface area contributed by atoms with Gasteiger partial charge in [0.15, 0.2) is 6.10 Å². The van der Waals surface area contributed by atoms with Crippen LogP contribution in [0.25, 0.3) is 0 Å². The predicted molar refractivity (Wildman–Crippen MR) is 44.5 cm³/mol. The predicted octanol–water partition coefficient (Wildman–Crippen LogP) is 0.962. The van der Waals surface area contributed by atoms with E-state index in [1.807, 2.05) is 0 Å². The molecule has 0 aliphatic carbocycles. The second-order valence-corrected chi connectivity index (χ2v) is 3.09. The molecule has 1 unspecified atom stereocenters. The van der Waals surface area contributed by atoms with Gasteiger partial charge < -0.3 is 10.2 Å². The molecule has 0 saturated carbocycles. The van der Waals surface area contributed by atoms with Crippen LogP contribution in [0, 0.1) is 0 Å². The molecule has 2 N–H and O–H groups in total. The summed E-state index contributed by atoms with van der Waals surface area (Å²) in [6.45, 7) is 0. The second-order valence-electron chi connectivity index (χ2n) is 2.18. The number of aromatic nitrogens is 1. The molecular formula is C7H6BrNO3. The number of carboxylic acids is 1. The molecule has 0 fully saturated rings. The Morgan fingerprint density at radius 3 is 2.75 bits per heavy atom. The summed E-state index contributed by atoms with van der Waals surface area (Å²) in [5.41, 5.74) is 0.261. The normalized spacial score (nSPS) is 12.5. The summed E-state index contributed by atoms with van der Waals surface area (Å²) in [6.07, 6.45) is 1.32. The van der Waals surface area contributed by atoms with Gasteiger partial charge in [-0.05, 0) is 22.0 Å². The van der Waals surface area contributed by atoms with Gasteiger partial charge in [0.05, 0.1) is 0 Å². The first-order valence-corrected chi connectivity index (χ1v) is 3.92. The number of carboxylic acid groups (broad SMARTS) is 1. The molecule has 0 aliphatic rings. The molecule has 0 saturated heterocycles. The molecule has 5 heteroatoms. The minimum Gasteiger partial charge on any atom is -0.479 e. The molecular weight excluding hydrogens is 226 g/mol. The van der Waals surface area contributed by atoms with Crippen LogP contribution in [-0.4, -0.2) is 21.2 Å². The Balaban J connectivity index is 2.95. The molecule has 0 radical (unpaired) electrons. The average molecular weight is 232 g/mol. The van der Waals surface area contributed by atoms with Gasteiger partial charge in [0.2, 0.25) is 0 Å². The fraction of sp³-hybridized carbons (Fsp3) is 0.143. The second kappa shape index (κ2) is 3.64. The number of carbonyl (C=O) groups is 1. The van der Waals surface area contributed by atoms with Crippen molar-refractivity contribution in [2.45, 2.75) is 6.10 Å². The Morgan fingerprint density at radius 1 is 1.58 bits per heavy atom. The van der Waals surface area contributed by atoms with Gasteiger partial charge in [0.1, 0.15) is 0 Å². The van der Waals surface area contributed by atoms with Crippen molar-refractivity contribution >= 4 is 21.9 Å². The van der Waals surface area contributed by atoms with Crippen LogP contribution in [-0.2, 0) is 4.79 Å². The number of rotatable bonds is 2. The lowest BCUT2D eigenvalue weighted by atomic mass is 10.2. The summed E-state index contributed by atoms with van der Waals surface area (Å²) in [7, 11) is 0. The monoisotopic (exact) mass is 231 g/mol. The minimum atomic E-state index is -1.50. The lowest BCUT2D eigenvalue weighted by Gasteiger charge is -2.04. The molecule has 1 rings (SSSR count). The van der Waals surface area contributed by atoms with E-state index < -0.39 is 12.1 Å². The zero-order valence-corrected chi connectivity index (χ0v) is 7.52. The highest BCUT2D eigenvalue weighted by atomic mass is 79.9. The number of pyridine rings is 1. The zero-order chi connectivity index (χ0) is 9.14. The topological polar surface area (TPSA) is 70.4 Å². The Morgan fingerprint density at radius 2 is 2.25 bits per heavy atom. The van der Waals surface area contributed by atoms with Gasteiger partial charge in [-0.3, -0.25) is 4.98 Å². The van der Waals surface area contributed by atoms with Gasteiger partial charge in [0, 0.05) is 22.4 Å². The van der Waals surface area contributed by atoms with Gasteiger partial charge >= 0.3 is 5.97 Å². The van der Waals surface area contributed by atoms with Gasteiger partial charge in [-0.2, -0.15) is 0 Å². The largest absolute Gasteiger partial charge is 0.479 e. The molecule has 0 spiro atoms. The SMILES string of the molecule is O=C(O)C(O)c1cncc(Br)c1. The summed E-state index contributed by atoms with van der Waals surface area (Å²) in [4.78, 5) is 14.0. The summed E-state index contributed by atoms with van der Waals surface area (Å²) < 4.78 is 0.639. The summed E-state index contributed by atoms with van der Waals surface area (Å²) in [5, 5.41) is 17.5. The van der Waals surface area contributed by atoms with Crippen molar-refractivity contribution in [2.75, 3.05) is 0 Å². The molecule has 64 valence electrons. The van der Waals surface area contributed by atoms with Gasteiger partial charge in [0.25, 0.3) is 0 Å². The third-order valence-electron chi connectivity index (χ3n) is 1.28. The smallest absolute Gasteiger partial charge is 0.337 e. The third-order valence-corrected chi connectivity index (χ3v) is 1.71. The van der Waals surface area contributed by atoms with Crippen LogP contribution >= 0.6 is 15.9 Å². The maximum atomic E-state index is 10.3. The maximum Gasteiger partial charge on any atom is 0.337 e. The quantitative estimate of drug-likeness (QED) is 0.796. The molecule has 4 nitrogen and oxygen atoms in total. The van der Waals surface area contributed by atoms with E-state index >= 15 is 0 Å². The van der Waals surface area contributed by atoms with Crippen LogP contribution < -0.4 is 0 Å². The van der Waals surface area contributed by atoms with E-state index in [9.17, 15) is 4.79 Å². The van der Waals surface area contributed by atoms with E-state index in [0.717, 1.165) is 0 Å². The van der Waals surface area contributed by atoms with Crippen molar-refractivity contribution < 1.29 is 15.0 Å².